The Hall–Kier alpha value is -1.02. The quantitative estimate of drug-likeness (QED) is 0.812. The lowest BCUT2D eigenvalue weighted by atomic mass is 10.2. The summed E-state index contributed by atoms with van der Waals surface area (Å²) in [5, 5.41) is 3.17. The molecule has 1 fully saturated rings. The maximum atomic E-state index is 3.17. The van der Waals surface area contributed by atoms with Crippen molar-refractivity contribution < 1.29 is 0 Å². The molecule has 1 aliphatic rings. The van der Waals surface area contributed by atoms with E-state index < -0.39 is 0 Å². The number of nitrogens with zero attached hydrogens (tertiary/aromatic N) is 1. The third kappa shape index (κ3) is 2.51. The predicted molar refractivity (Wildman–Crippen MR) is 65.2 cm³/mol. The van der Waals surface area contributed by atoms with Crippen molar-refractivity contribution in [3.05, 3.63) is 29.8 Å². The van der Waals surface area contributed by atoms with Crippen LogP contribution in [0.3, 0.4) is 0 Å². The van der Waals surface area contributed by atoms with Crippen molar-refractivity contribution in [1.82, 2.24) is 5.32 Å². The molecule has 1 aliphatic heterocycles. The lowest BCUT2D eigenvalue weighted by Gasteiger charge is -2.18. The van der Waals surface area contributed by atoms with Crippen LogP contribution in [-0.4, -0.2) is 20.1 Å². The Morgan fingerprint density at radius 1 is 1.33 bits per heavy atom. The van der Waals surface area contributed by atoms with E-state index in [1.165, 1.54) is 30.8 Å². The van der Waals surface area contributed by atoms with Gasteiger partial charge in [0.25, 0.3) is 0 Å². The predicted octanol–water partition coefficient (Wildman–Crippen LogP) is 2.25. The molecule has 1 N–H and O–H groups in total. The van der Waals surface area contributed by atoms with E-state index >= 15 is 0 Å². The fraction of sp³-hybridized carbons (Fsp3) is 0.538. The largest absolute Gasteiger partial charge is 0.371 e. The molecule has 82 valence electrons. The second-order valence-corrected chi connectivity index (χ2v) is 4.54. The summed E-state index contributed by atoms with van der Waals surface area (Å²) in [6.45, 7) is 5.71. The van der Waals surface area contributed by atoms with E-state index in [1.54, 1.807) is 0 Å². The fourth-order valence-electron chi connectivity index (χ4n) is 2.20. The zero-order valence-electron chi connectivity index (χ0n) is 9.66. The van der Waals surface area contributed by atoms with Crippen LogP contribution in [0.25, 0.3) is 0 Å². The van der Waals surface area contributed by atoms with Gasteiger partial charge in [-0.15, -0.1) is 0 Å². The average Bonchev–Trinajstić information content (AvgIpc) is 2.67. The smallest absolute Gasteiger partial charge is 0.0366 e. The molecule has 2 nitrogen and oxygen atoms in total. The third-order valence-corrected chi connectivity index (χ3v) is 3.11. The minimum absolute atomic E-state index is 0.849. The maximum Gasteiger partial charge on any atom is 0.0366 e. The van der Waals surface area contributed by atoms with E-state index in [4.69, 9.17) is 0 Å². The van der Waals surface area contributed by atoms with Crippen molar-refractivity contribution in [3.63, 3.8) is 0 Å². The number of hydrogen-bond acceptors (Lipinski definition) is 2. The number of anilines is 1. The highest BCUT2D eigenvalue weighted by Crippen LogP contribution is 2.23. The van der Waals surface area contributed by atoms with E-state index in [2.05, 4.69) is 41.4 Å². The van der Waals surface area contributed by atoms with Gasteiger partial charge < -0.3 is 10.2 Å². The Kier molecular flexibility index (Phi) is 3.27. The lowest BCUT2D eigenvalue weighted by Crippen LogP contribution is -2.18. The summed E-state index contributed by atoms with van der Waals surface area (Å²) in [6.07, 6.45) is 1.33. The molecule has 1 aromatic carbocycles. The molecule has 2 rings (SSSR count). The van der Waals surface area contributed by atoms with Gasteiger partial charge in [-0.25, -0.2) is 0 Å². The molecule has 1 atom stereocenters. The minimum Gasteiger partial charge on any atom is -0.371 e. The molecule has 0 aromatic heterocycles. The summed E-state index contributed by atoms with van der Waals surface area (Å²) in [7, 11) is 1.98. The zero-order chi connectivity index (χ0) is 10.7. The van der Waals surface area contributed by atoms with Crippen molar-refractivity contribution in [1.29, 1.82) is 0 Å². The van der Waals surface area contributed by atoms with Crippen molar-refractivity contribution in [2.45, 2.75) is 19.9 Å². The second kappa shape index (κ2) is 4.67. The Labute approximate surface area is 92.3 Å². The Morgan fingerprint density at radius 2 is 2.07 bits per heavy atom. The number of benzene rings is 1. The van der Waals surface area contributed by atoms with Gasteiger partial charge in [0.2, 0.25) is 0 Å². The maximum absolute atomic E-state index is 3.17. The summed E-state index contributed by atoms with van der Waals surface area (Å²) in [6, 6.07) is 8.92. The van der Waals surface area contributed by atoms with Crippen LogP contribution >= 0.6 is 0 Å². The highest BCUT2D eigenvalue weighted by Gasteiger charge is 2.18. The van der Waals surface area contributed by atoms with Crippen LogP contribution < -0.4 is 10.2 Å². The van der Waals surface area contributed by atoms with Gasteiger partial charge in [-0.3, -0.25) is 0 Å². The van der Waals surface area contributed by atoms with Gasteiger partial charge in [0.05, 0.1) is 0 Å². The lowest BCUT2D eigenvalue weighted by molar-refractivity contribution is 0.659. The first-order chi connectivity index (χ1) is 7.29. The van der Waals surface area contributed by atoms with Crippen LogP contribution in [-0.2, 0) is 6.54 Å². The Bertz CT molecular complexity index is 305. The number of rotatable bonds is 3. The molecule has 2 heteroatoms. The summed E-state index contributed by atoms with van der Waals surface area (Å²) in [5.41, 5.74) is 2.73. The van der Waals surface area contributed by atoms with Gasteiger partial charge in [-0.05, 0) is 37.1 Å². The number of hydrogen-bond donors (Lipinski definition) is 1. The highest BCUT2D eigenvalue weighted by molar-refractivity contribution is 5.48. The molecule has 0 bridgehead atoms. The van der Waals surface area contributed by atoms with Crippen molar-refractivity contribution in [3.8, 4) is 0 Å². The van der Waals surface area contributed by atoms with Crippen LogP contribution in [0.2, 0.25) is 0 Å². The van der Waals surface area contributed by atoms with Gasteiger partial charge in [-0.2, -0.15) is 0 Å². The Morgan fingerprint density at radius 3 is 2.60 bits per heavy atom. The van der Waals surface area contributed by atoms with Gasteiger partial charge in [0, 0.05) is 25.3 Å². The normalized spacial score (nSPS) is 20.9. The second-order valence-electron chi connectivity index (χ2n) is 4.54. The molecule has 0 amide bonds. The van der Waals surface area contributed by atoms with E-state index in [0.717, 1.165) is 12.5 Å². The van der Waals surface area contributed by atoms with E-state index in [-0.39, 0.29) is 0 Å². The zero-order valence-corrected chi connectivity index (χ0v) is 9.66. The average molecular weight is 204 g/mol. The SMILES string of the molecule is CNCc1ccc(N2CCC(C)C2)cc1. The molecule has 1 unspecified atom stereocenters. The molecular weight excluding hydrogens is 184 g/mol. The molecule has 0 aliphatic carbocycles. The Balaban J connectivity index is 2.03. The van der Waals surface area contributed by atoms with Gasteiger partial charge in [0.15, 0.2) is 0 Å². The van der Waals surface area contributed by atoms with Gasteiger partial charge >= 0.3 is 0 Å². The third-order valence-electron chi connectivity index (χ3n) is 3.11. The van der Waals surface area contributed by atoms with Crippen LogP contribution in [0.4, 0.5) is 5.69 Å². The molecule has 0 radical (unpaired) electrons. The van der Waals surface area contributed by atoms with Gasteiger partial charge in [-0.1, -0.05) is 19.1 Å². The molecule has 1 saturated heterocycles. The first kappa shape index (κ1) is 10.5. The monoisotopic (exact) mass is 204 g/mol. The first-order valence-corrected chi connectivity index (χ1v) is 5.78. The molecule has 0 saturated carbocycles. The number of nitrogens with one attached hydrogen (secondary N) is 1. The van der Waals surface area contributed by atoms with Crippen molar-refractivity contribution in [2.75, 3.05) is 25.0 Å². The highest BCUT2D eigenvalue weighted by atomic mass is 15.1. The standard InChI is InChI=1S/C13H20N2/c1-11-7-8-15(10-11)13-5-3-12(4-6-13)9-14-2/h3-6,11,14H,7-10H2,1-2H3. The topological polar surface area (TPSA) is 15.3 Å². The summed E-state index contributed by atoms with van der Waals surface area (Å²) < 4.78 is 0. The minimum atomic E-state index is 0.849. The van der Waals surface area contributed by atoms with Gasteiger partial charge in [0.1, 0.15) is 0 Å². The molecule has 1 heterocycles. The van der Waals surface area contributed by atoms with Crippen LogP contribution in [0.5, 0.6) is 0 Å². The van der Waals surface area contributed by atoms with Crippen LogP contribution in [0.1, 0.15) is 18.9 Å². The molecule has 1 aromatic rings. The van der Waals surface area contributed by atoms with Crippen LogP contribution in [0.15, 0.2) is 24.3 Å². The molecule has 15 heavy (non-hydrogen) atoms. The van der Waals surface area contributed by atoms with Crippen LogP contribution in [0, 0.1) is 5.92 Å². The summed E-state index contributed by atoms with van der Waals surface area (Å²) in [4.78, 5) is 2.48. The fourth-order valence-corrected chi connectivity index (χ4v) is 2.20. The molecule has 0 spiro atoms. The molecular formula is C13H20N2. The first-order valence-electron chi connectivity index (χ1n) is 5.78. The van der Waals surface area contributed by atoms with E-state index in [0.29, 0.717) is 0 Å². The summed E-state index contributed by atoms with van der Waals surface area (Å²) in [5.74, 6) is 0.849. The van der Waals surface area contributed by atoms with Crippen molar-refractivity contribution >= 4 is 5.69 Å². The van der Waals surface area contributed by atoms with E-state index in [9.17, 15) is 0 Å². The van der Waals surface area contributed by atoms with Crippen molar-refractivity contribution in [2.24, 2.45) is 5.92 Å². The van der Waals surface area contributed by atoms with E-state index in [1.807, 2.05) is 7.05 Å². The summed E-state index contributed by atoms with van der Waals surface area (Å²) >= 11 is 0.